The number of aromatic nitrogens is 4. The highest BCUT2D eigenvalue weighted by atomic mass is 32.2. The van der Waals surface area contributed by atoms with Crippen LogP contribution >= 0.6 is 11.8 Å². The second kappa shape index (κ2) is 10.0. The Morgan fingerprint density at radius 3 is 2.63 bits per heavy atom. The smallest absolute Gasteiger partial charge is 0.219 e. The summed E-state index contributed by atoms with van der Waals surface area (Å²) < 4.78 is 2.22. The summed E-state index contributed by atoms with van der Waals surface area (Å²) in [6, 6.07) is 4.70. The minimum atomic E-state index is 0.191. The van der Waals surface area contributed by atoms with E-state index in [0.29, 0.717) is 17.3 Å². The van der Waals surface area contributed by atoms with E-state index in [2.05, 4.69) is 45.7 Å². The largest absolute Gasteiger partial charge is 0.382 e. The normalized spacial score (nSPS) is 16.1. The van der Waals surface area contributed by atoms with E-state index in [0.717, 1.165) is 69.0 Å². The first-order valence-electron chi connectivity index (χ1n) is 12.6. The van der Waals surface area contributed by atoms with Crippen molar-refractivity contribution in [3.8, 4) is 0 Å². The van der Waals surface area contributed by atoms with Crippen LogP contribution in [0.5, 0.6) is 0 Å². The average Bonchev–Trinajstić information content (AvgIpc) is 3.44. The van der Waals surface area contributed by atoms with Crippen molar-refractivity contribution in [2.45, 2.75) is 68.5 Å². The molecular formula is C26H35N7OS. The Bertz CT molecular complexity index is 1230. The van der Waals surface area contributed by atoms with Crippen molar-refractivity contribution in [3.05, 3.63) is 29.6 Å². The van der Waals surface area contributed by atoms with Crippen molar-refractivity contribution < 1.29 is 4.79 Å². The number of piperidine rings is 1. The van der Waals surface area contributed by atoms with Crippen molar-refractivity contribution in [2.24, 2.45) is 5.92 Å². The first-order chi connectivity index (χ1) is 16.9. The van der Waals surface area contributed by atoms with Crippen LogP contribution in [0.3, 0.4) is 0 Å². The molecule has 0 bridgehead atoms. The van der Waals surface area contributed by atoms with Crippen LogP contribution < -0.4 is 10.6 Å². The SMILES string of the molecule is CC(=O)N1CCC(CCCn2c(Sc3cc4c(cc3N(C)C)CCC4)nc3c(N)ncnc32)CC1. The molecule has 0 saturated carbocycles. The molecule has 0 unspecified atom stereocenters. The van der Waals surface area contributed by atoms with Gasteiger partial charge in [0.05, 0.1) is 5.69 Å². The maximum absolute atomic E-state index is 11.6. The standard InChI is InChI=1S/C26H35N7OS/c1-17(34)32-12-9-18(10-13-32)6-5-11-33-25-23(24(27)28-16-29-25)30-26(33)35-22-15-20-8-4-7-19(20)14-21(22)31(2)3/h14-16,18H,4-13H2,1-3H3,(H2,27,28,29). The number of anilines is 2. The minimum absolute atomic E-state index is 0.191. The van der Waals surface area contributed by atoms with Gasteiger partial charge >= 0.3 is 0 Å². The highest BCUT2D eigenvalue weighted by Crippen LogP contribution is 2.40. The van der Waals surface area contributed by atoms with Gasteiger partial charge in [-0.1, -0.05) is 0 Å². The van der Waals surface area contributed by atoms with Gasteiger partial charge in [-0.15, -0.1) is 0 Å². The first-order valence-corrected chi connectivity index (χ1v) is 13.5. The van der Waals surface area contributed by atoms with Gasteiger partial charge in [0.1, 0.15) is 6.33 Å². The molecule has 1 aliphatic heterocycles. The van der Waals surface area contributed by atoms with E-state index in [-0.39, 0.29) is 5.91 Å². The van der Waals surface area contributed by atoms with Gasteiger partial charge in [-0.25, -0.2) is 15.0 Å². The average molecular weight is 494 g/mol. The predicted octanol–water partition coefficient (Wildman–Crippen LogP) is 4.15. The second-order valence-corrected chi connectivity index (χ2v) is 11.0. The number of benzene rings is 1. The summed E-state index contributed by atoms with van der Waals surface area (Å²) in [4.78, 5) is 30.6. The Kier molecular flexibility index (Phi) is 6.86. The van der Waals surface area contributed by atoms with E-state index < -0.39 is 0 Å². The number of nitrogens with two attached hydrogens (primary N) is 1. The summed E-state index contributed by atoms with van der Waals surface area (Å²) in [6.45, 7) is 4.26. The molecule has 2 aliphatic rings. The summed E-state index contributed by atoms with van der Waals surface area (Å²) in [5.74, 6) is 1.28. The van der Waals surface area contributed by atoms with E-state index >= 15 is 0 Å². The van der Waals surface area contributed by atoms with Gasteiger partial charge in [0.25, 0.3) is 0 Å². The molecule has 0 spiro atoms. The van der Waals surface area contributed by atoms with Crippen LogP contribution in [0.1, 0.15) is 50.2 Å². The van der Waals surface area contributed by atoms with Crippen LogP contribution in [0.4, 0.5) is 11.5 Å². The van der Waals surface area contributed by atoms with Crippen LogP contribution in [0.15, 0.2) is 28.5 Å². The third kappa shape index (κ3) is 4.96. The molecule has 0 radical (unpaired) electrons. The van der Waals surface area contributed by atoms with Gasteiger partial charge in [-0.2, -0.15) is 0 Å². The van der Waals surface area contributed by atoms with Gasteiger partial charge in [-0.3, -0.25) is 4.79 Å². The Hall–Kier alpha value is -2.81. The highest BCUT2D eigenvalue weighted by molar-refractivity contribution is 7.99. The minimum Gasteiger partial charge on any atom is -0.382 e. The quantitative estimate of drug-likeness (QED) is 0.528. The fourth-order valence-corrected chi connectivity index (χ4v) is 6.57. The topological polar surface area (TPSA) is 93.2 Å². The first kappa shape index (κ1) is 23.9. The Balaban J connectivity index is 1.38. The number of nitrogen functional groups attached to an aromatic ring is 1. The molecule has 8 nitrogen and oxygen atoms in total. The molecule has 1 fully saturated rings. The number of imidazole rings is 1. The third-order valence-corrected chi connectivity index (χ3v) is 8.48. The lowest BCUT2D eigenvalue weighted by molar-refractivity contribution is -0.130. The van der Waals surface area contributed by atoms with Crippen LogP contribution in [-0.2, 0) is 24.2 Å². The van der Waals surface area contributed by atoms with E-state index in [9.17, 15) is 4.79 Å². The molecule has 3 heterocycles. The summed E-state index contributed by atoms with van der Waals surface area (Å²) in [5, 5.41) is 0.916. The molecule has 5 rings (SSSR count). The van der Waals surface area contributed by atoms with Crippen LogP contribution in [0, 0.1) is 5.92 Å². The lowest BCUT2D eigenvalue weighted by atomic mass is 9.92. The number of hydrogen-bond acceptors (Lipinski definition) is 7. The molecule has 2 aromatic heterocycles. The molecule has 1 saturated heterocycles. The zero-order chi connectivity index (χ0) is 24.5. The maximum atomic E-state index is 11.6. The summed E-state index contributed by atoms with van der Waals surface area (Å²) in [7, 11) is 4.20. The summed E-state index contributed by atoms with van der Waals surface area (Å²) in [6.07, 6.45) is 9.42. The van der Waals surface area contributed by atoms with Gasteiger partial charge < -0.3 is 20.1 Å². The molecule has 9 heteroatoms. The molecule has 186 valence electrons. The number of carbonyl (C=O) groups is 1. The molecule has 1 aromatic carbocycles. The van der Waals surface area contributed by atoms with Gasteiger partial charge in [0.15, 0.2) is 22.1 Å². The van der Waals surface area contributed by atoms with Gasteiger partial charge in [0.2, 0.25) is 5.91 Å². The lowest BCUT2D eigenvalue weighted by Gasteiger charge is -2.31. The van der Waals surface area contributed by atoms with E-state index in [4.69, 9.17) is 10.7 Å². The predicted molar refractivity (Wildman–Crippen MR) is 141 cm³/mol. The molecule has 2 N–H and O–H groups in total. The number of aryl methyl sites for hydroxylation is 3. The zero-order valence-electron chi connectivity index (χ0n) is 21.0. The number of nitrogens with zero attached hydrogens (tertiary/aromatic N) is 6. The summed E-state index contributed by atoms with van der Waals surface area (Å²) >= 11 is 1.70. The number of fused-ring (bicyclic) bond motifs is 2. The van der Waals surface area contributed by atoms with Crippen LogP contribution in [0.2, 0.25) is 0 Å². The van der Waals surface area contributed by atoms with Crippen molar-refractivity contribution in [1.29, 1.82) is 0 Å². The fourth-order valence-electron chi connectivity index (χ4n) is 5.41. The van der Waals surface area contributed by atoms with Crippen LogP contribution in [0.25, 0.3) is 11.2 Å². The molecule has 35 heavy (non-hydrogen) atoms. The second-order valence-electron chi connectivity index (χ2n) is 10.0. The van der Waals surface area contributed by atoms with Gasteiger partial charge in [-0.05, 0) is 85.9 Å². The molecule has 1 amide bonds. The zero-order valence-corrected chi connectivity index (χ0v) is 21.8. The van der Waals surface area contributed by atoms with Crippen molar-refractivity contribution in [3.63, 3.8) is 0 Å². The molecule has 0 atom stereocenters. The van der Waals surface area contributed by atoms with Crippen molar-refractivity contribution in [1.82, 2.24) is 24.4 Å². The van der Waals surface area contributed by atoms with Gasteiger partial charge in [0, 0.05) is 45.5 Å². The third-order valence-electron chi connectivity index (χ3n) is 7.44. The number of hydrogen-bond donors (Lipinski definition) is 1. The highest BCUT2D eigenvalue weighted by Gasteiger charge is 2.23. The molecule has 1 aliphatic carbocycles. The van der Waals surface area contributed by atoms with Crippen molar-refractivity contribution in [2.75, 3.05) is 37.8 Å². The maximum Gasteiger partial charge on any atom is 0.219 e. The summed E-state index contributed by atoms with van der Waals surface area (Å²) in [5.41, 5.74) is 11.8. The molecular weight excluding hydrogens is 458 g/mol. The van der Waals surface area contributed by atoms with E-state index in [1.165, 1.54) is 34.5 Å². The van der Waals surface area contributed by atoms with E-state index in [1.54, 1.807) is 18.7 Å². The fraction of sp³-hybridized carbons (Fsp3) is 0.538. The Morgan fingerprint density at radius 1 is 1.17 bits per heavy atom. The number of rotatable bonds is 7. The monoisotopic (exact) mass is 493 g/mol. The number of carbonyl (C=O) groups excluding carboxylic acids is 1. The van der Waals surface area contributed by atoms with E-state index in [1.807, 2.05) is 4.90 Å². The van der Waals surface area contributed by atoms with Crippen LogP contribution in [-0.4, -0.2) is 57.5 Å². The molecule has 3 aromatic rings. The Labute approximate surface area is 211 Å². The lowest BCUT2D eigenvalue weighted by Crippen LogP contribution is -2.36. The Morgan fingerprint density at radius 2 is 1.91 bits per heavy atom. The number of amides is 1. The number of likely N-dealkylation sites (tertiary alicyclic amines) is 1. The van der Waals surface area contributed by atoms with Crippen molar-refractivity contribution >= 4 is 40.3 Å².